The van der Waals surface area contributed by atoms with Crippen molar-refractivity contribution in [2.24, 2.45) is 0 Å². The van der Waals surface area contributed by atoms with Crippen molar-refractivity contribution in [3.05, 3.63) is 58.6 Å². The van der Waals surface area contributed by atoms with Gasteiger partial charge in [-0.3, -0.25) is 4.79 Å². The number of halogens is 1. The van der Waals surface area contributed by atoms with Crippen LogP contribution < -0.4 is 5.32 Å². The Morgan fingerprint density at radius 3 is 2.35 bits per heavy atom. The molecule has 1 saturated heterocycles. The predicted octanol–water partition coefficient (Wildman–Crippen LogP) is 0.945. The van der Waals surface area contributed by atoms with Gasteiger partial charge in [-0.2, -0.15) is 0 Å². The number of esters is 1. The van der Waals surface area contributed by atoms with Gasteiger partial charge in [0.05, 0.1) is 27.5 Å². The molecule has 164 valence electrons. The molecular formula is C20H18ClNO9. The number of ether oxygens (including phenoxy) is 2. The summed E-state index contributed by atoms with van der Waals surface area (Å²) in [5.74, 6) is -2.63. The molecule has 0 radical (unpaired) electrons. The standard InChI is InChI=1S/C20H18ClNO9/c21-11-5-3-7-13(10(11)8-23)22-12-6-2-1-4-9(12)19(29)31-20-16(26)14(24)15(25)17(30-20)18(27)28/h1-8,14-17,20,22,24-26H,(H,27,28)/t14-,15-,16+,17-,20-/m0/s1. The van der Waals surface area contributed by atoms with Gasteiger partial charge in [0.1, 0.15) is 18.3 Å². The molecule has 2 aromatic carbocycles. The predicted molar refractivity (Wildman–Crippen MR) is 106 cm³/mol. The lowest BCUT2D eigenvalue weighted by molar-refractivity contribution is -0.278. The molecule has 1 fully saturated rings. The zero-order valence-corrected chi connectivity index (χ0v) is 16.5. The second-order valence-electron chi connectivity index (χ2n) is 6.63. The van der Waals surface area contributed by atoms with E-state index in [9.17, 15) is 29.7 Å². The molecule has 31 heavy (non-hydrogen) atoms. The lowest BCUT2D eigenvalue weighted by atomic mass is 9.99. The van der Waals surface area contributed by atoms with Crippen molar-refractivity contribution in [1.82, 2.24) is 0 Å². The summed E-state index contributed by atoms with van der Waals surface area (Å²) in [4.78, 5) is 35.3. The third-order valence-corrected chi connectivity index (χ3v) is 4.95. The Hall–Kier alpha value is -3.02. The number of benzene rings is 2. The molecule has 1 aliphatic heterocycles. The van der Waals surface area contributed by atoms with Crippen LogP contribution in [0.15, 0.2) is 42.5 Å². The Morgan fingerprint density at radius 1 is 1.00 bits per heavy atom. The Balaban J connectivity index is 1.84. The molecule has 1 heterocycles. The molecule has 0 saturated carbocycles. The van der Waals surface area contributed by atoms with E-state index < -0.39 is 42.6 Å². The SMILES string of the molecule is O=Cc1c(Cl)cccc1Nc1ccccc1C(=O)O[C@@H]1O[C@H](C(=O)O)[C@@H](O)[C@H](O)[C@H]1O. The summed E-state index contributed by atoms with van der Waals surface area (Å²) in [5.41, 5.74) is 0.669. The van der Waals surface area contributed by atoms with E-state index in [0.29, 0.717) is 12.0 Å². The molecule has 3 rings (SSSR count). The van der Waals surface area contributed by atoms with Crippen molar-refractivity contribution in [1.29, 1.82) is 0 Å². The minimum absolute atomic E-state index is 0.0392. The molecule has 0 amide bonds. The molecule has 5 N–H and O–H groups in total. The van der Waals surface area contributed by atoms with Crippen molar-refractivity contribution in [3.63, 3.8) is 0 Å². The van der Waals surface area contributed by atoms with E-state index in [1.165, 1.54) is 24.3 Å². The first kappa shape index (κ1) is 22.7. The summed E-state index contributed by atoms with van der Waals surface area (Å²) in [6, 6.07) is 10.7. The van der Waals surface area contributed by atoms with E-state index in [-0.39, 0.29) is 21.8 Å². The lowest BCUT2D eigenvalue weighted by Gasteiger charge is -2.38. The number of para-hydroxylation sites is 1. The van der Waals surface area contributed by atoms with E-state index in [0.717, 1.165) is 0 Å². The van der Waals surface area contributed by atoms with Gasteiger partial charge in [0.2, 0.25) is 6.29 Å². The Kier molecular flexibility index (Phi) is 6.88. The number of carbonyl (C=O) groups is 3. The van der Waals surface area contributed by atoms with Crippen LogP contribution in [0.1, 0.15) is 20.7 Å². The smallest absolute Gasteiger partial charge is 0.342 e. The van der Waals surface area contributed by atoms with Gasteiger partial charge in [0, 0.05) is 0 Å². The molecule has 10 nitrogen and oxygen atoms in total. The van der Waals surface area contributed by atoms with Crippen molar-refractivity contribution < 1.29 is 44.3 Å². The van der Waals surface area contributed by atoms with Crippen molar-refractivity contribution in [2.45, 2.75) is 30.7 Å². The van der Waals surface area contributed by atoms with E-state index in [2.05, 4.69) is 5.32 Å². The van der Waals surface area contributed by atoms with Crippen molar-refractivity contribution >= 4 is 41.2 Å². The highest BCUT2D eigenvalue weighted by Gasteiger charge is 2.48. The fourth-order valence-corrected chi connectivity index (χ4v) is 3.22. The average Bonchev–Trinajstić information content (AvgIpc) is 2.74. The first-order chi connectivity index (χ1) is 14.7. The maximum absolute atomic E-state index is 12.7. The largest absolute Gasteiger partial charge is 0.479 e. The number of aldehydes is 1. The Morgan fingerprint density at radius 2 is 1.68 bits per heavy atom. The van der Waals surface area contributed by atoms with Gasteiger partial charge in [-0.15, -0.1) is 0 Å². The van der Waals surface area contributed by atoms with Crippen LogP contribution in [0.2, 0.25) is 5.02 Å². The quantitative estimate of drug-likeness (QED) is 0.315. The summed E-state index contributed by atoms with van der Waals surface area (Å²) >= 11 is 6.01. The van der Waals surface area contributed by atoms with Crippen LogP contribution in [0.5, 0.6) is 0 Å². The van der Waals surface area contributed by atoms with Crippen molar-refractivity contribution in [2.75, 3.05) is 5.32 Å². The van der Waals surface area contributed by atoms with Crippen LogP contribution in [0.4, 0.5) is 11.4 Å². The number of hydrogen-bond acceptors (Lipinski definition) is 9. The zero-order chi connectivity index (χ0) is 22.7. The summed E-state index contributed by atoms with van der Waals surface area (Å²) in [5, 5.41) is 41.8. The van der Waals surface area contributed by atoms with Crippen LogP contribution in [0.3, 0.4) is 0 Å². The molecule has 0 bridgehead atoms. The molecule has 1 aliphatic rings. The number of aliphatic hydroxyl groups is 3. The number of carboxylic acid groups (broad SMARTS) is 1. The topological polar surface area (TPSA) is 163 Å². The van der Waals surface area contributed by atoms with Crippen LogP contribution in [-0.4, -0.2) is 69.4 Å². The van der Waals surface area contributed by atoms with Gasteiger partial charge in [-0.1, -0.05) is 29.8 Å². The normalized spacial score (nSPS) is 25.5. The molecular weight excluding hydrogens is 434 g/mol. The second kappa shape index (κ2) is 9.41. The van der Waals surface area contributed by atoms with E-state index in [4.69, 9.17) is 26.2 Å². The maximum atomic E-state index is 12.7. The summed E-state index contributed by atoms with van der Waals surface area (Å²) < 4.78 is 10.0. The monoisotopic (exact) mass is 451 g/mol. The molecule has 0 spiro atoms. The fraction of sp³-hybridized carbons (Fsp3) is 0.250. The molecule has 11 heteroatoms. The van der Waals surface area contributed by atoms with E-state index >= 15 is 0 Å². The molecule has 2 aromatic rings. The number of hydrogen-bond donors (Lipinski definition) is 5. The number of aliphatic hydroxyl groups excluding tert-OH is 3. The van der Waals surface area contributed by atoms with Gasteiger partial charge in [0.15, 0.2) is 12.4 Å². The number of carbonyl (C=O) groups excluding carboxylic acids is 2. The van der Waals surface area contributed by atoms with Gasteiger partial charge in [0.25, 0.3) is 0 Å². The highest BCUT2D eigenvalue weighted by atomic mass is 35.5. The Labute approximate surface area is 180 Å². The fourth-order valence-electron chi connectivity index (χ4n) is 3.00. The Bertz CT molecular complexity index is 998. The molecule has 5 atom stereocenters. The van der Waals surface area contributed by atoms with Gasteiger partial charge >= 0.3 is 11.9 Å². The van der Waals surface area contributed by atoms with Gasteiger partial charge in [-0.25, -0.2) is 9.59 Å². The maximum Gasteiger partial charge on any atom is 0.342 e. The molecule has 0 aromatic heterocycles. The third kappa shape index (κ3) is 4.68. The number of carboxylic acids is 1. The lowest BCUT2D eigenvalue weighted by Crippen LogP contribution is -2.60. The number of nitrogens with one attached hydrogen (secondary N) is 1. The van der Waals surface area contributed by atoms with Gasteiger partial charge < -0.3 is 35.2 Å². The minimum Gasteiger partial charge on any atom is -0.479 e. The second-order valence-corrected chi connectivity index (χ2v) is 7.04. The zero-order valence-electron chi connectivity index (χ0n) is 15.7. The molecule has 0 aliphatic carbocycles. The van der Waals surface area contributed by atoms with E-state index in [1.54, 1.807) is 18.2 Å². The molecule has 0 unspecified atom stereocenters. The average molecular weight is 452 g/mol. The van der Waals surface area contributed by atoms with Crippen LogP contribution in [0, 0.1) is 0 Å². The van der Waals surface area contributed by atoms with Crippen LogP contribution in [0.25, 0.3) is 0 Å². The first-order valence-corrected chi connectivity index (χ1v) is 9.35. The van der Waals surface area contributed by atoms with E-state index in [1.807, 2.05) is 0 Å². The summed E-state index contributed by atoms with van der Waals surface area (Å²) in [6.07, 6.45) is -8.92. The number of aliphatic carboxylic acids is 1. The minimum atomic E-state index is -1.92. The third-order valence-electron chi connectivity index (χ3n) is 4.62. The highest BCUT2D eigenvalue weighted by Crippen LogP contribution is 2.29. The number of rotatable bonds is 6. The van der Waals surface area contributed by atoms with Gasteiger partial charge in [-0.05, 0) is 24.3 Å². The summed E-state index contributed by atoms with van der Waals surface area (Å²) in [7, 11) is 0. The van der Waals surface area contributed by atoms with Crippen molar-refractivity contribution in [3.8, 4) is 0 Å². The van der Waals surface area contributed by atoms with Crippen LogP contribution in [-0.2, 0) is 14.3 Å². The number of anilines is 2. The van der Waals surface area contributed by atoms with Crippen LogP contribution >= 0.6 is 11.6 Å². The summed E-state index contributed by atoms with van der Waals surface area (Å²) in [6.45, 7) is 0. The highest BCUT2D eigenvalue weighted by molar-refractivity contribution is 6.33. The first-order valence-electron chi connectivity index (χ1n) is 8.97.